The molecule has 1 aromatic heterocycles. The van der Waals surface area contributed by atoms with Crippen molar-refractivity contribution in [1.29, 1.82) is 0 Å². The second-order valence-corrected chi connectivity index (χ2v) is 1.86. The molecule has 0 bridgehead atoms. The summed E-state index contributed by atoms with van der Waals surface area (Å²) in [5.74, 6) is 0. The maximum Gasteiger partial charge on any atom is 0.0496 e. The molecule has 0 unspecified atom stereocenters. The molecule has 40 valence electrons. The van der Waals surface area contributed by atoms with Crippen LogP contribution in [-0.2, 0) is 6.42 Å². The lowest BCUT2D eigenvalue weighted by molar-refractivity contribution is 0.907. The highest BCUT2D eigenvalue weighted by Crippen LogP contribution is 2.07. The molecule has 0 amide bonds. The van der Waals surface area contributed by atoms with Gasteiger partial charge >= 0.3 is 0 Å². The maximum absolute atomic E-state index is 4.03. The average Bonchev–Trinajstić information content (AvgIpc) is 2.15. The van der Waals surface area contributed by atoms with Gasteiger partial charge in [-0.15, -0.1) is 0 Å². The Kier molecular flexibility index (Phi) is 0.592. The van der Waals surface area contributed by atoms with E-state index in [1.54, 1.807) is 0 Å². The van der Waals surface area contributed by atoms with Crippen molar-refractivity contribution in [3.05, 3.63) is 24.0 Å². The van der Waals surface area contributed by atoms with Gasteiger partial charge < -0.3 is 0 Å². The second-order valence-electron chi connectivity index (χ2n) is 1.86. The van der Waals surface area contributed by atoms with Crippen LogP contribution < -0.4 is 0 Å². The first-order valence-electron chi connectivity index (χ1n) is 2.66. The Labute approximate surface area is 47.4 Å². The van der Waals surface area contributed by atoms with Crippen LogP contribution in [0, 0.1) is 0 Å². The fourth-order valence-electron chi connectivity index (χ4n) is 0.911. The van der Waals surface area contributed by atoms with Gasteiger partial charge in [0.2, 0.25) is 0 Å². The van der Waals surface area contributed by atoms with Crippen LogP contribution in [0.3, 0.4) is 0 Å². The normalized spacial score (nSPS) is 14.5. The summed E-state index contributed by atoms with van der Waals surface area (Å²) in [5, 5.41) is 4.03. The number of hydrogen-bond donors (Lipinski definition) is 0. The van der Waals surface area contributed by atoms with Gasteiger partial charge in [0.05, 0.1) is 0 Å². The SMILES string of the molecule is C1=Cn2nccc2C1. The van der Waals surface area contributed by atoms with Crippen LogP contribution in [0.15, 0.2) is 18.3 Å². The quantitative estimate of drug-likeness (QED) is 0.480. The van der Waals surface area contributed by atoms with Crippen molar-refractivity contribution in [3.8, 4) is 0 Å². The van der Waals surface area contributed by atoms with Crippen LogP contribution in [0.5, 0.6) is 0 Å². The molecule has 1 aliphatic rings. The topological polar surface area (TPSA) is 17.8 Å². The number of nitrogens with zero attached hydrogens (tertiary/aromatic N) is 2. The molecule has 0 aromatic carbocycles. The summed E-state index contributed by atoms with van der Waals surface area (Å²) in [6.45, 7) is 0. The number of fused-ring (bicyclic) bond motifs is 1. The average molecular weight is 106 g/mol. The maximum atomic E-state index is 4.03. The summed E-state index contributed by atoms with van der Waals surface area (Å²) in [6.07, 6.45) is 6.94. The van der Waals surface area contributed by atoms with Crippen LogP contribution in [0.2, 0.25) is 0 Å². The Bertz CT molecular complexity index is 222. The lowest BCUT2D eigenvalue weighted by Gasteiger charge is -1.85. The van der Waals surface area contributed by atoms with Crippen LogP contribution in [0.4, 0.5) is 0 Å². The third kappa shape index (κ3) is 0.346. The van der Waals surface area contributed by atoms with Crippen LogP contribution in [0.1, 0.15) is 5.69 Å². The summed E-state index contributed by atoms with van der Waals surface area (Å²) >= 11 is 0. The Morgan fingerprint density at radius 3 is 3.50 bits per heavy atom. The van der Waals surface area contributed by atoms with Gasteiger partial charge in [0.15, 0.2) is 0 Å². The number of rotatable bonds is 0. The summed E-state index contributed by atoms with van der Waals surface area (Å²) in [4.78, 5) is 0. The van der Waals surface area contributed by atoms with E-state index in [2.05, 4.69) is 11.2 Å². The molecule has 0 saturated heterocycles. The molecule has 0 N–H and O–H groups in total. The molecular formula is C6H6N2. The minimum absolute atomic E-state index is 1.04. The largest absolute Gasteiger partial charge is 0.245 e. The molecule has 2 heteroatoms. The lowest BCUT2D eigenvalue weighted by Crippen LogP contribution is -1.86. The third-order valence-corrected chi connectivity index (χ3v) is 1.33. The van der Waals surface area contributed by atoms with E-state index in [1.165, 1.54) is 5.69 Å². The lowest BCUT2D eigenvalue weighted by atomic mass is 10.3. The first-order valence-corrected chi connectivity index (χ1v) is 2.66. The van der Waals surface area contributed by atoms with E-state index < -0.39 is 0 Å². The molecule has 0 atom stereocenters. The molecule has 1 aliphatic heterocycles. The van der Waals surface area contributed by atoms with Crippen molar-refractivity contribution < 1.29 is 0 Å². The molecule has 2 nitrogen and oxygen atoms in total. The Morgan fingerprint density at radius 1 is 1.62 bits per heavy atom. The zero-order chi connectivity index (χ0) is 5.40. The van der Waals surface area contributed by atoms with E-state index in [9.17, 15) is 0 Å². The fourth-order valence-corrected chi connectivity index (χ4v) is 0.911. The highest BCUT2D eigenvalue weighted by molar-refractivity contribution is 5.32. The van der Waals surface area contributed by atoms with Crippen molar-refractivity contribution in [3.63, 3.8) is 0 Å². The van der Waals surface area contributed by atoms with Gasteiger partial charge in [-0.1, -0.05) is 6.08 Å². The third-order valence-electron chi connectivity index (χ3n) is 1.33. The van der Waals surface area contributed by atoms with Crippen molar-refractivity contribution in [1.82, 2.24) is 9.78 Å². The number of aromatic nitrogens is 2. The van der Waals surface area contributed by atoms with E-state index >= 15 is 0 Å². The summed E-state index contributed by atoms with van der Waals surface area (Å²) in [5.41, 5.74) is 1.28. The zero-order valence-corrected chi connectivity index (χ0v) is 4.41. The molecule has 0 spiro atoms. The summed E-state index contributed by atoms with van der Waals surface area (Å²) in [7, 11) is 0. The Hall–Kier alpha value is -1.05. The molecule has 0 saturated carbocycles. The minimum Gasteiger partial charge on any atom is -0.245 e. The molecule has 2 rings (SSSR count). The monoisotopic (exact) mass is 106 g/mol. The second kappa shape index (κ2) is 1.22. The molecule has 8 heavy (non-hydrogen) atoms. The molecule has 1 aromatic rings. The van der Waals surface area contributed by atoms with Gasteiger partial charge in [0.25, 0.3) is 0 Å². The van der Waals surface area contributed by atoms with E-state index in [4.69, 9.17) is 0 Å². The Balaban J connectivity index is 2.67. The van der Waals surface area contributed by atoms with Gasteiger partial charge in [0, 0.05) is 24.5 Å². The first kappa shape index (κ1) is 3.89. The smallest absolute Gasteiger partial charge is 0.0496 e. The Morgan fingerprint density at radius 2 is 2.62 bits per heavy atom. The van der Waals surface area contributed by atoms with Crippen LogP contribution in [-0.4, -0.2) is 9.78 Å². The molecule has 0 aliphatic carbocycles. The summed E-state index contributed by atoms with van der Waals surface area (Å²) in [6, 6.07) is 2.03. The van der Waals surface area contributed by atoms with Gasteiger partial charge in [0.1, 0.15) is 0 Å². The molecule has 2 heterocycles. The van der Waals surface area contributed by atoms with E-state index in [1.807, 2.05) is 23.1 Å². The van der Waals surface area contributed by atoms with Crippen molar-refractivity contribution in [2.75, 3.05) is 0 Å². The fraction of sp³-hybridized carbons (Fsp3) is 0.167. The predicted molar refractivity (Wildman–Crippen MR) is 31.3 cm³/mol. The number of allylic oxidation sites excluding steroid dienone is 1. The van der Waals surface area contributed by atoms with E-state index in [0.29, 0.717) is 0 Å². The highest BCUT2D eigenvalue weighted by atomic mass is 15.3. The summed E-state index contributed by atoms with van der Waals surface area (Å²) < 4.78 is 1.89. The standard InChI is InChI=1S/C6H6N2/c1-2-6-3-4-7-8(6)5-1/h1,3-5H,2H2. The highest BCUT2D eigenvalue weighted by Gasteiger charge is 2.00. The van der Waals surface area contributed by atoms with E-state index in [0.717, 1.165) is 6.42 Å². The molecule has 0 fully saturated rings. The van der Waals surface area contributed by atoms with Crippen molar-refractivity contribution >= 4 is 6.20 Å². The van der Waals surface area contributed by atoms with Gasteiger partial charge in [-0.2, -0.15) is 5.10 Å². The van der Waals surface area contributed by atoms with Crippen molar-refractivity contribution in [2.45, 2.75) is 6.42 Å². The number of hydrogen-bond acceptors (Lipinski definition) is 1. The van der Waals surface area contributed by atoms with Crippen molar-refractivity contribution in [2.24, 2.45) is 0 Å². The molecule has 0 radical (unpaired) electrons. The zero-order valence-electron chi connectivity index (χ0n) is 4.41. The van der Waals surface area contributed by atoms with Crippen LogP contribution in [0.25, 0.3) is 6.20 Å². The van der Waals surface area contributed by atoms with Crippen LogP contribution >= 0.6 is 0 Å². The predicted octanol–water partition coefficient (Wildman–Crippen LogP) is 0.910. The molecular weight excluding hydrogens is 100 g/mol. The van der Waals surface area contributed by atoms with Gasteiger partial charge in [-0.3, -0.25) is 0 Å². The van der Waals surface area contributed by atoms with Gasteiger partial charge in [-0.05, 0) is 6.07 Å². The minimum atomic E-state index is 1.04. The van der Waals surface area contributed by atoms with Gasteiger partial charge in [-0.25, -0.2) is 4.68 Å². The van der Waals surface area contributed by atoms with E-state index in [-0.39, 0.29) is 0 Å². The first-order chi connectivity index (χ1) is 3.97.